The van der Waals surface area contributed by atoms with Crippen LogP contribution in [0.3, 0.4) is 0 Å². The number of hydrogen-bond donors (Lipinski definition) is 2. The average molecular weight is 503 g/mol. The second kappa shape index (κ2) is 15.3. The van der Waals surface area contributed by atoms with Gasteiger partial charge in [0.1, 0.15) is 0 Å². The Bertz CT molecular complexity index is 905. The molecule has 2 rings (SSSR count). The number of nitrogens with one attached hydrogen (secondary N) is 2. The predicted octanol–water partition coefficient (Wildman–Crippen LogP) is 6.49. The number of benzene rings is 2. The van der Waals surface area contributed by atoms with E-state index in [0.717, 1.165) is 48.2 Å². The Morgan fingerprint density at radius 2 is 1.00 bits per heavy atom. The molecule has 0 aliphatic heterocycles. The number of nitrogens with zero attached hydrogens (tertiary/aromatic N) is 2. The van der Waals surface area contributed by atoms with Crippen molar-refractivity contribution in [3.8, 4) is 0 Å². The Morgan fingerprint density at radius 1 is 0.647 bits per heavy atom. The smallest absolute Gasteiger partial charge is 0.240 e. The van der Waals surface area contributed by atoms with Crippen LogP contribution in [-0.4, -0.2) is 23.2 Å². The van der Waals surface area contributed by atoms with Crippen molar-refractivity contribution in [3.05, 3.63) is 69.7 Å². The molecule has 6 nitrogen and oxygen atoms in total. The molecule has 0 atom stereocenters. The van der Waals surface area contributed by atoms with Crippen molar-refractivity contribution in [1.82, 2.24) is 10.9 Å². The molecule has 0 aliphatic carbocycles. The van der Waals surface area contributed by atoms with Gasteiger partial charge in [0, 0.05) is 22.9 Å². The molecule has 0 radical (unpaired) electrons. The first-order chi connectivity index (χ1) is 16.4. The minimum Gasteiger partial charge on any atom is -0.273 e. The average Bonchev–Trinajstić information content (AvgIpc) is 2.84. The Hall–Kier alpha value is -2.70. The van der Waals surface area contributed by atoms with E-state index < -0.39 is 0 Å². The summed E-state index contributed by atoms with van der Waals surface area (Å²) in [6.45, 7) is 3.98. The van der Waals surface area contributed by atoms with Crippen LogP contribution in [0.4, 0.5) is 0 Å². The van der Waals surface area contributed by atoms with Crippen molar-refractivity contribution in [3.63, 3.8) is 0 Å². The Labute approximate surface area is 211 Å². The summed E-state index contributed by atoms with van der Waals surface area (Å²) in [5.41, 5.74) is 8.76. The summed E-state index contributed by atoms with van der Waals surface area (Å²) in [7, 11) is 0. The topological polar surface area (TPSA) is 82.9 Å². The van der Waals surface area contributed by atoms with Gasteiger partial charge in [0.25, 0.3) is 0 Å². The van der Waals surface area contributed by atoms with Crippen molar-refractivity contribution in [2.75, 3.05) is 0 Å². The zero-order valence-electron chi connectivity index (χ0n) is 19.7. The first kappa shape index (κ1) is 27.5. The summed E-state index contributed by atoms with van der Waals surface area (Å²) >= 11 is 11.8. The monoisotopic (exact) mass is 502 g/mol. The molecule has 0 bridgehead atoms. The normalized spacial score (nSPS) is 11.9. The van der Waals surface area contributed by atoms with Gasteiger partial charge in [-0.05, 0) is 61.1 Å². The molecule has 34 heavy (non-hydrogen) atoms. The molecule has 0 heterocycles. The molecule has 2 aromatic rings. The molecule has 8 heteroatoms. The molecular formula is C26H32Cl2N4O2. The van der Waals surface area contributed by atoms with Crippen LogP contribution in [0.2, 0.25) is 10.0 Å². The largest absolute Gasteiger partial charge is 0.273 e. The summed E-state index contributed by atoms with van der Waals surface area (Å²) in [5.74, 6) is -0.220. The number of hydrazone groups is 2. The first-order valence-corrected chi connectivity index (χ1v) is 12.4. The van der Waals surface area contributed by atoms with Crippen LogP contribution in [0.5, 0.6) is 0 Å². The van der Waals surface area contributed by atoms with Gasteiger partial charge >= 0.3 is 0 Å². The molecule has 2 N–H and O–H groups in total. The zero-order chi connectivity index (χ0) is 24.8. The third-order valence-electron chi connectivity index (χ3n) is 5.21. The lowest BCUT2D eigenvalue weighted by Gasteiger charge is -2.06. The van der Waals surface area contributed by atoms with E-state index in [4.69, 9.17) is 23.2 Å². The SMILES string of the molecule is CC/C(=N\NC(=O)CCCCCCC(=O)N/N=C(\CC)c1ccc(Cl)cc1)c1ccc(Cl)cc1. The number of rotatable bonds is 13. The predicted molar refractivity (Wildman–Crippen MR) is 141 cm³/mol. The number of unbranched alkanes of at least 4 members (excludes halogenated alkanes) is 3. The number of carbonyl (C=O) groups is 2. The quantitative estimate of drug-likeness (QED) is 0.186. The summed E-state index contributed by atoms with van der Waals surface area (Å²) in [6.07, 6.45) is 5.45. The molecule has 182 valence electrons. The molecule has 0 aliphatic rings. The third-order valence-corrected chi connectivity index (χ3v) is 5.72. The number of halogens is 2. The lowest BCUT2D eigenvalue weighted by atomic mass is 10.1. The second-order valence-corrected chi connectivity index (χ2v) is 8.69. The van der Waals surface area contributed by atoms with Crippen LogP contribution in [0, 0.1) is 0 Å². The maximum Gasteiger partial charge on any atom is 0.240 e. The van der Waals surface area contributed by atoms with E-state index in [0.29, 0.717) is 35.7 Å². The molecule has 0 saturated heterocycles. The van der Waals surface area contributed by atoms with Crippen molar-refractivity contribution in [2.45, 2.75) is 65.2 Å². The van der Waals surface area contributed by atoms with E-state index in [1.165, 1.54) is 0 Å². The molecule has 0 unspecified atom stereocenters. The lowest BCUT2D eigenvalue weighted by Crippen LogP contribution is -2.20. The van der Waals surface area contributed by atoms with Gasteiger partial charge in [-0.25, -0.2) is 10.9 Å². The van der Waals surface area contributed by atoms with E-state index in [9.17, 15) is 9.59 Å². The molecule has 0 aromatic heterocycles. The zero-order valence-corrected chi connectivity index (χ0v) is 21.3. The second-order valence-electron chi connectivity index (χ2n) is 7.82. The van der Waals surface area contributed by atoms with E-state index in [-0.39, 0.29) is 11.8 Å². The van der Waals surface area contributed by atoms with Gasteiger partial charge in [-0.15, -0.1) is 0 Å². The highest BCUT2D eigenvalue weighted by atomic mass is 35.5. The van der Waals surface area contributed by atoms with Crippen molar-refractivity contribution in [1.29, 1.82) is 0 Å². The number of carbonyl (C=O) groups excluding carboxylic acids is 2. The maximum absolute atomic E-state index is 12.1. The molecule has 2 amide bonds. The molecular weight excluding hydrogens is 471 g/mol. The van der Waals surface area contributed by atoms with Gasteiger partial charge in [0.15, 0.2) is 0 Å². The van der Waals surface area contributed by atoms with Crippen LogP contribution in [0.25, 0.3) is 0 Å². The van der Waals surface area contributed by atoms with E-state index >= 15 is 0 Å². The van der Waals surface area contributed by atoms with Crippen molar-refractivity contribution >= 4 is 46.4 Å². The summed E-state index contributed by atoms with van der Waals surface area (Å²) in [5, 5.41) is 9.83. The fraction of sp³-hybridized carbons (Fsp3) is 0.385. The Balaban J connectivity index is 1.63. The maximum atomic E-state index is 12.1. The molecule has 0 saturated carbocycles. The highest BCUT2D eigenvalue weighted by Crippen LogP contribution is 2.13. The minimum absolute atomic E-state index is 0.110. The van der Waals surface area contributed by atoms with Gasteiger partial charge in [0.2, 0.25) is 11.8 Å². The minimum atomic E-state index is -0.110. The summed E-state index contributed by atoms with van der Waals surface area (Å²) < 4.78 is 0. The van der Waals surface area contributed by atoms with Gasteiger partial charge in [-0.2, -0.15) is 10.2 Å². The van der Waals surface area contributed by atoms with Gasteiger partial charge in [-0.3, -0.25) is 9.59 Å². The fourth-order valence-corrected chi connectivity index (χ4v) is 3.53. The standard InChI is InChI=1S/C26H32Cl2N4O2/c1-3-23(19-11-15-21(27)16-12-19)29-31-25(33)9-7-5-6-8-10-26(34)32-30-24(4-2)20-13-17-22(28)18-14-20/h11-18H,3-10H2,1-2H3,(H,31,33)(H,32,34)/b29-23+,30-24+. The first-order valence-electron chi connectivity index (χ1n) is 11.7. The van der Waals surface area contributed by atoms with E-state index in [1.807, 2.05) is 38.1 Å². The van der Waals surface area contributed by atoms with Crippen LogP contribution in [0.1, 0.15) is 76.3 Å². The van der Waals surface area contributed by atoms with Crippen LogP contribution >= 0.6 is 23.2 Å². The van der Waals surface area contributed by atoms with Crippen LogP contribution in [-0.2, 0) is 9.59 Å². The third kappa shape index (κ3) is 10.1. The fourth-order valence-electron chi connectivity index (χ4n) is 3.28. The van der Waals surface area contributed by atoms with Crippen LogP contribution in [0.15, 0.2) is 58.7 Å². The summed E-state index contributed by atoms with van der Waals surface area (Å²) in [6, 6.07) is 14.8. The van der Waals surface area contributed by atoms with Gasteiger partial charge in [-0.1, -0.05) is 74.2 Å². The van der Waals surface area contributed by atoms with Gasteiger partial charge in [0.05, 0.1) is 11.4 Å². The number of amides is 2. The number of hydrogen-bond acceptors (Lipinski definition) is 4. The van der Waals surface area contributed by atoms with Crippen molar-refractivity contribution in [2.24, 2.45) is 10.2 Å². The Morgan fingerprint density at radius 3 is 1.32 bits per heavy atom. The molecule has 0 fully saturated rings. The van der Waals surface area contributed by atoms with Crippen molar-refractivity contribution < 1.29 is 9.59 Å². The molecule has 2 aromatic carbocycles. The highest BCUT2D eigenvalue weighted by molar-refractivity contribution is 6.31. The van der Waals surface area contributed by atoms with E-state index in [2.05, 4.69) is 21.1 Å². The Kier molecular flexibility index (Phi) is 12.4. The lowest BCUT2D eigenvalue weighted by molar-refractivity contribution is -0.122. The molecule has 0 spiro atoms. The van der Waals surface area contributed by atoms with E-state index in [1.54, 1.807) is 24.3 Å². The summed E-state index contributed by atoms with van der Waals surface area (Å²) in [4.78, 5) is 24.2. The van der Waals surface area contributed by atoms with Crippen LogP contribution < -0.4 is 10.9 Å². The van der Waals surface area contributed by atoms with Gasteiger partial charge < -0.3 is 0 Å². The highest BCUT2D eigenvalue weighted by Gasteiger charge is 2.06.